The molecule has 0 amide bonds. The van der Waals surface area contributed by atoms with Gasteiger partial charge in [0.05, 0.1) is 55.5 Å². The maximum absolute atomic E-state index is 5.25. The van der Waals surface area contributed by atoms with Crippen molar-refractivity contribution in [3.63, 3.8) is 0 Å². The Labute approximate surface area is 808 Å². The number of nitrogens with zero attached hydrogens (tertiary/aromatic N) is 12. The van der Waals surface area contributed by atoms with Crippen molar-refractivity contribution in [3.8, 4) is 114 Å². The second kappa shape index (κ2) is 33.6. The van der Waals surface area contributed by atoms with Crippen LogP contribution in [0, 0.1) is 0 Å². The van der Waals surface area contributed by atoms with Crippen molar-refractivity contribution >= 4 is 182 Å². The fraction of sp³-hybridized carbons (Fsp3) is 0. The summed E-state index contributed by atoms with van der Waals surface area (Å²) in [6.07, 6.45) is 0. The lowest BCUT2D eigenvalue weighted by Crippen LogP contribution is -2.06. The molecule has 0 atom stereocenters. The van der Waals surface area contributed by atoms with Gasteiger partial charge in [-0.3, -0.25) is 9.13 Å². The van der Waals surface area contributed by atoms with Gasteiger partial charge < -0.3 is 9.13 Å². The smallest absolute Gasteiger partial charge is 0.238 e. The monoisotopic (exact) mass is 1830 g/mol. The van der Waals surface area contributed by atoms with E-state index in [0.717, 1.165) is 100 Å². The van der Waals surface area contributed by atoms with Gasteiger partial charge in [0.2, 0.25) is 11.9 Å². The third-order valence-corrected chi connectivity index (χ3v) is 30.2. The van der Waals surface area contributed by atoms with Crippen LogP contribution in [0.3, 0.4) is 0 Å². The molecule has 0 saturated heterocycles. The van der Waals surface area contributed by atoms with E-state index in [4.69, 9.17) is 39.9 Å². The molecule has 12 nitrogen and oxygen atoms in total. The number of fused-ring (bicyclic) bond motifs is 24. The topological polar surface area (TPSA) is 123 Å². The molecule has 0 unspecified atom stereocenters. The lowest BCUT2D eigenvalue weighted by molar-refractivity contribution is 0.954. The molecule has 10 heterocycles. The van der Waals surface area contributed by atoms with Crippen molar-refractivity contribution in [3.05, 3.63) is 461 Å². The second-order valence-electron chi connectivity index (χ2n) is 34.8. The van der Waals surface area contributed by atoms with Crippen molar-refractivity contribution in [1.29, 1.82) is 0 Å². The van der Waals surface area contributed by atoms with Crippen molar-refractivity contribution in [2.45, 2.75) is 0 Å². The molecule has 29 aromatic rings. The standard InChI is InChI=1S/C51H31N5S.C39H24N4S.C34H21N3S/c1-4-14-32(15-5-1)49-52-50(33-16-6-2-7-17-33)54-51(53-49)56-44-29-27-39-38-21-11-13-23-46(38)57-48(39)47(44)40-26-24-35(31-45(40)56)34-25-28-43-41(30-34)37-20-10-12-22-42(37)55(43)36-18-8-3-9-19-36;1-3-11-25(12-4-1)37-40-38(26-13-5-2-6-14-26)42-39(41-37)27-19-21-28(22-20-27)43-32-17-9-7-16-31(32)35-33(43)24-23-30-29-15-8-10-18-34(29)44-36(30)35;1-3-11-22(12-4-1)26-21-27(23-13-5-2-6-14-23)36-34(35-26)37-28-17-9-7-15-24(28)32-29(37)19-20-31-33(32)25-16-8-10-18-30(25)38-31/h1-31H;1-24H;1-21H. The first-order valence-electron chi connectivity index (χ1n) is 46.4. The van der Waals surface area contributed by atoms with E-state index in [1.807, 2.05) is 143 Å². The number of para-hydroxylation sites is 4. The van der Waals surface area contributed by atoms with Gasteiger partial charge in [-0.05, 0) is 132 Å². The molecule has 0 bridgehead atoms. The van der Waals surface area contributed by atoms with Crippen LogP contribution in [0.2, 0.25) is 0 Å². The van der Waals surface area contributed by atoms with Gasteiger partial charge in [-0.15, -0.1) is 34.0 Å². The Bertz CT molecular complexity index is 9710. The van der Waals surface area contributed by atoms with E-state index >= 15 is 0 Å². The Morgan fingerprint density at radius 2 is 0.468 bits per heavy atom. The molecule has 0 N–H and O–H groups in total. The van der Waals surface area contributed by atoms with Crippen LogP contribution >= 0.6 is 34.0 Å². The van der Waals surface area contributed by atoms with Gasteiger partial charge in [0.1, 0.15) is 0 Å². The maximum atomic E-state index is 5.25. The van der Waals surface area contributed by atoms with Crippen molar-refractivity contribution in [2.24, 2.45) is 0 Å². The Balaban J connectivity index is 0.000000107. The lowest BCUT2D eigenvalue weighted by Gasteiger charge is -2.11. The van der Waals surface area contributed by atoms with E-state index in [1.165, 1.54) is 120 Å². The summed E-state index contributed by atoms with van der Waals surface area (Å²) in [7, 11) is 0. The second-order valence-corrected chi connectivity index (χ2v) is 38.0. The predicted molar refractivity (Wildman–Crippen MR) is 581 cm³/mol. The molecule has 15 heteroatoms. The molecule has 0 aliphatic carbocycles. The van der Waals surface area contributed by atoms with Crippen LogP contribution in [-0.4, -0.2) is 58.1 Å². The summed E-state index contributed by atoms with van der Waals surface area (Å²) >= 11 is 5.58. The van der Waals surface area contributed by atoms with Crippen LogP contribution in [0.5, 0.6) is 0 Å². The van der Waals surface area contributed by atoms with E-state index in [-0.39, 0.29) is 0 Å². The third-order valence-electron chi connectivity index (χ3n) is 26.7. The summed E-state index contributed by atoms with van der Waals surface area (Å²) in [6.45, 7) is 0. The summed E-state index contributed by atoms with van der Waals surface area (Å²) in [5, 5.41) is 17.6. The molecular formula is C124H76N12S3. The number of benzene rings is 19. The van der Waals surface area contributed by atoms with Crippen molar-refractivity contribution in [1.82, 2.24) is 58.1 Å². The van der Waals surface area contributed by atoms with Crippen LogP contribution < -0.4 is 0 Å². The van der Waals surface area contributed by atoms with Gasteiger partial charge in [-0.2, -0.15) is 9.97 Å². The fourth-order valence-electron chi connectivity index (χ4n) is 20.3. The normalized spacial score (nSPS) is 11.7. The van der Waals surface area contributed by atoms with Crippen molar-refractivity contribution < 1.29 is 0 Å². The molecule has 139 heavy (non-hydrogen) atoms. The van der Waals surface area contributed by atoms with Gasteiger partial charge >= 0.3 is 0 Å². The minimum atomic E-state index is 0.585. The zero-order valence-electron chi connectivity index (χ0n) is 74.5. The van der Waals surface area contributed by atoms with E-state index in [0.29, 0.717) is 41.0 Å². The van der Waals surface area contributed by atoms with Crippen LogP contribution in [-0.2, 0) is 0 Å². The number of hydrogen-bond donors (Lipinski definition) is 0. The highest BCUT2D eigenvalue weighted by molar-refractivity contribution is 7.27. The Morgan fingerprint density at radius 3 is 0.986 bits per heavy atom. The van der Waals surface area contributed by atoms with Crippen LogP contribution in [0.25, 0.3) is 262 Å². The zero-order valence-corrected chi connectivity index (χ0v) is 76.9. The van der Waals surface area contributed by atoms with Crippen molar-refractivity contribution in [2.75, 3.05) is 0 Å². The SMILES string of the molecule is c1ccc(-c2cc(-c3ccccc3)nc(-n3c4ccccc4c4c5c(ccc43)sc3ccccc35)n2)cc1.c1ccc(-c2nc(-c3ccccc3)nc(-c3ccc(-n4c5ccccc5c5c6sc7ccccc7c6ccc54)cc3)n2)cc1.c1ccc(-c2nc(-c3ccccc3)nc(-n3c4cc(-c5ccc6c(c5)c5ccccc5n6-c5ccccc5)ccc4c4c5sc6ccccc6c5ccc43)n2)cc1. The number of aromatic nitrogens is 12. The number of rotatable bonds is 12. The molecular weight excluding hydrogens is 1750 g/mol. The van der Waals surface area contributed by atoms with E-state index in [9.17, 15) is 0 Å². The van der Waals surface area contributed by atoms with Crippen LogP contribution in [0.4, 0.5) is 0 Å². The highest BCUT2D eigenvalue weighted by Crippen LogP contribution is 2.49. The van der Waals surface area contributed by atoms with Gasteiger partial charge in [0.15, 0.2) is 29.1 Å². The Hall–Kier alpha value is -17.9. The number of hydrogen-bond acceptors (Lipinski definition) is 11. The first kappa shape index (κ1) is 80.8. The van der Waals surface area contributed by atoms with Crippen LogP contribution in [0.1, 0.15) is 0 Å². The summed E-state index contributed by atoms with van der Waals surface area (Å²) in [6, 6.07) is 162. The summed E-state index contributed by atoms with van der Waals surface area (Å²) in [5.74, 6) is 4.50. The molecule has 650 valence electrons. The van der Waals surface area contributed by atoms with Gasteiger partial charge in [-0.1, -0.05) is 340 Å². The molecule has 0 saturated carbocycles. The third kappa shape index (κ3) is 13.9. The highest BCUT2D eigenvalue weighted by atomic mass is 32.1. The molecule has 0 spiro atoms. The fourth-order valence-corrected chi connectivity index (χ4v) is 24.0. The highest BCUT2D eigenvalue weighted by Gasteiger charge is 2.27. The average molecular weight is 1830 g/mol. The summed E-state index contributed by atoms with van der Waals surface area (Å²) < 4.78 is 17.0. The largest absolute Gasteiger partial charge is 0.309 e. The average Bonchev–Trinajstić information content (AvgIpc) is 1.56. The molecule has 0 aliphatic heterocycles. The summed E-state index contributed by atoms with van der Waals surface area (Å²) in [4.78, 5) is 40.5. The maximum Gasteiger partial charge on any atom is 0.238 e. The molecule has 19 aromatic carbocycles. The molecule has 10 aromatic heterocycles. The predicted octanol–water partition coefficient (Wildman–Crippen LogP) is 33.0. The van der Waals surface area contributed by atoms with E-state index < -0.39 is 0 Å². The minimum Gasteiger partial charge on any atom is -0.309 e. The molecule has 0 aliphatic rings. The Morgan fingerprint density at radius 1 is 0.151 bits per heavy atom. The zero-order chi connectivity index (χ0) is 91.5. The van der Waals surface area contributed by atoms with Gasteiger partial charge in [-0.25, -0.2) is 29.9 Å². The molecule has 0 radical (unpaired) electrons. The lowest BCUT2D eigenvalue weighted by atomic mass is 10.0. The Kier molecular flexibility index (Phi) is 19.5. The van der Waals surface area contributed by atoms with E-state index in [1.54, 1.807) is 0 Å². The van der Waals surface area contributed by atoms with Gasteiger partial charge in [0, 0.05) is 154 Å². The van der Waals surface area contributed by atoms with Gasteiger partial charge in [0.25, 0.3) is 0 Å². The quantitative estimate of drug-likeness (QED) is 0.119. The minimum absolute atomic E-state index is 0.585. The first-order chi connectivity index (χ1) is 68.9. The van der Waals surface area contributed by atoms with Crippen LogP contribution in [0.15, 0.2) is 461 Å². The summed E-state index contributed by atoms with van der Waals surface area (Å²) in [5.41, 5.74) is 22.3. The molecule has 29 rings (SSSR count). The first-order valence-corrected chi connectivity index (χ1v) is 48.9. The van der Waals surface area contributed by atoms with E-state index in [2.05, 4.69) is 370 Å². The number of thiophene rings is 3. The molecule has 0 fully saturated rings.